The van der Waals surface area contributed by atoms with Gasteiger partial charge in [0.25, 0.3) is 5.95 Å². The molecule has 9 heteroatoms. The van der Waals surface area contributed by atoms with Crippen molar-refractivity contribution in [3.05, 3.63) is 12.7 Å². The molecule has 112 valence electrons. The SMILES string of the molecule is CNc1nc(N2CCC(C)C(O)C2)nc(-n2cncn2)n1. The summed E-state index contributed by atoms with van der Waals surface area (Å²) in [6.07, 6.45) is 3.49. The maximum Gasteiger partial charge on any atom is 0.258 e. The number of hydrogen-bond donors (Lipinski definition) is 2. The first-order valence-electron chi connectivity index (χ1n) is 6.89. The normalized spacial score (nSPS) is 22.3. The zero-order chi connectivity index (χ0) is 14.8. The smallest absolute Gasteiger partial charge is 0.258 e. The van der Waals surface area contributed by atoms with Crippen molar-refractivity contribution in [2.45, 2.75) is 19.4 Å². The molecule has 9 nitrogen and oxygen atoms in total. The molecule has 0 aromatic carbocycles. The van der Waals surface area contributed by atoms with E-state index in [4.69, 9.17) is 0 Å². The predicted molar refractivity (Wildman–Crippen MR) is 76.3 cm³/mol. The van der Waals surface area contributed by atoms with Gasteiger partial charge in [-0.2, -0.15) is 24.7 Å². The van der Waals surface area contributed by atoms with Crippen molar-refractivity contribution >= 4 is 11.9 Å². The Hall–Kier alpha value is -2.29. The van der Waals surface area contributed by atoms with Gasteiger partial charge in [-0.3, -0.25) is 0 Å². The molecule has 0 radical (unpaired) electrons. The van der Waals surface area contributed by atoms with E-state index in [0.717, 1.165) is 13.0 Å². The molecule has 0 aliphatic carbocycles. The van der Waals surface area contributed by atoms with Crippen LogP contribution in [0.1, 0.15) is 13.3 Å². The molecular weight excluding hydrogens is 272 g/mol. The lowest BCUT2D eigenvalue weighted by Crippen LogP contribution is -2.43. The summed E-state index contributed by atoms with van der Waals surface area (Å²) >= 11 is 0. The van der Waals surface area contributed by atoms with Crippen LogP contribution < -0.4 is 10.2 Å². The van der Waals surface area contributed by atoms with Gasteiger partial charge in [-0.05, 0) is 12.3 Å². The molecule has 0 amide bonds. The van der Waals surface area contributed by atoms with Gasteiger partial charge in [0, 0.05) is 20.1 Å². The number of aromatic nitrogens is 6. The van der Waals surface area contributed by atoms with E-state index in [1.165, 1.54) is 17.3 Å². The first-order chi connectivity index (χ1) is 10.2. The second-order valence-electron chi connectivity index (χ2n) is 5.13. The summed E-state index contributed by atoms with van der Waals surface area (Å²) in [7, 11) is 1.75. The standard InChI is InChI=1S/C12H18N8O/c1-8-3-4-19(5-9(8)21)11-16-10(13-2)17-12(18-11)20-7-14-6-15-20/h6-9,21H,3-5H2,1-2H3,(H,13,16,17,18). The number of nitrogens with one attached hydrogen (secondary N) is 1. The van der Waals surface area contributed by atoms with Gasteiger partial charge in [0.15, 0.2) is 0 Å². The largest absolute Gasteiger partial charge is 0.391 e. The van der Waals surface area contributed by atoms with Gasteiger partial charge in [-0.15, -0.1) is 0 Å². The van der Waals surface area contributed by atoms with Crippen LogP contribution in [0, 0.1) is 5.92 Å². The number of rotatable bonds is 3. The molecule has 2 atom stereocenters. The van der Waals surface area contributed by atoms with Crippen LogP contribution in [-0.2, 0) is 0 Å². The fourth-order valence-corrected chi connectivity index (χ4v) is 2.25. The van der Waals surface area contributed by atoms with E-state index < -0.39 is 0 Å². The van der Waals surface area contributed by atoms with Crippen LogP contribution in [0.5, 0.6) is 0 Å². The van der Waals surface area contributed by atoms with Gasteiger partial charge in [-0.1, -0.05) is 6.92 Å². The average molecular weight is 290 g/mol. The molecule has 2 unspecified atom stereocenters. The maximum absolute atomic E-state index is 10.0. The number of hydrogen-bond acceptors (Lipinski definition) is 8. The zero-order valence-corrected chi connectivity index (χ0v) is 12.0. The summed E-state index contributed by atoms with van der Waals surface area (Å²) in [5.41, 5.74) is 0. The number of anilines is 2. The maximum atomic E-state index is 10.0. The molecule has 0 saturated carbocycles. The average Bonchev–Trinajstić information content (AvgIpc) is 3.04. The first kappa shape index (κ1) is 13.7. The van der Waals surface area contributed by atoms with Crippen LogP contribution in [0.2, 0.25) is 0 Å². The minimum absolute atomic E-state index is 0.293. The second kappa shape index (κ2) is 5.60. The van der Waals surface area contributed by atoms with E-state index in [-0.39, 0.29) is 6.10 Å². The van der Waals surface area contributed by atoms with Gasteiger partial charge >= 0.3 is 0 Å². The summed E-state index contributed by atoms with van der Waals surface area (Å²) in [6, 6.07) is 0. The third-order valence-electron chi connectivity index (χ3n) is 3.66. The van der Waals surface area contributed by atoms with E-state index in [1.54, 1.807) is 7.05 Å². The van der Waals surface area contributed by atoms with Crippen molar-refractivity contribution in [2.24, 2.45) is 5.92 Å². The highest BCUT2D eigenvalue weighted by molar-refractivity contribution is 5.40. The lowest BCUT2D eigenvalue weighted by atomic mass is 9.96. The Balaban J connectivity index is 1.93. The van der Waals surface area contributed by atoms with Gasteiger partial charge in [0.05, 0.1) is 6.10 Å². The third-order valence-corrected chi connectivity index (χ3v) is 3.66. The van der Waals surface area contributed by atoms with Crippen molar-refractivity contribution in [3.8, 4) is 5.95 Å². The Kier molecular flexibility index (Phi) is 3.65. The van der Waals surface area contributed by atoms with Gasteiger partial charge in [0.2, 0.25) is 11.9 Å². The van der Waals surface area contributed by atoms with Crippen LogP contribution in [-0.4, -0.2) is 61.1 Å². The molecule has 2 aromatic heterocycles. The molecule has 1 saturated heterocycles. The summed E-state index contributed by atoms with van der Waals surface area (Å²) in [4.78, 5) is 18.9. The lowest BCUT2D eigenvalue weighted by Gasteiger charge is -2.34. The fraction of sp³-hybridized carbons (Fsp3) is 0.583. The van der Waals surface area contributed by atoms with Crippen LogP contribution in [0.4, 0.5) is 11.9 Å². The van der Waals surface area contributed by atoms with Crippen LogP contribution >= 0.6 is 0 Å². The summed E-state index contributed by atoms with van der Waals surface area (Å²) in [5, 5.41) is 17.0. The second-order valence-corrected chi connectivity index (χ2v) is 5.13. The monoisotopic (exact) mass is 290 g/mol. The molecular formula is C12H18N8O. The minimum atomic E-state index is -0.372. The van der Waals surface area contributed by atoms with Crippen molar-refractivity contribution in [2.75, 3.05) is 30.4 Å². The van der Waals surface area contributed by atoms with Crippen molar-refractivity contribution in [1.82, 2.24) is 29.7 Å². The number of nitrogens with zero attached hydrogens (tertiary/aromatic N) is 7. The highest BCUT2D eigenvalue weighted by atomic mass is 16.3. The summed E-state index contributed by atoms with van der Waals surface area (Å²) in [5.74, 6) is 1.68. The number of piperidine rings is 1. The fourth-order valence-electron chi connectivity index (χ4n) is 2.25. The molecule has 0 spiro atoms. The predicted octanol–water partition coefficient (Wildman–Crippen LogP) is -0.299. The molecule has 2 N–H and O–H groups in total. The van der Waals surface area contributed by atoms with Crippen LogP contribution in [0.25, 0.3) is 5.95 Å². The van der Waals surface area contributed by atoms with Gasteiger partial charge < -0.3 is 15.3 Å². The quantitative estimate of drug-likeness (QED) is 0.794. The van der Waals surface area contributed by atoms with E-state index in [0.29, 0.717) is 30.3 Å². The van der Waals surface area contributed by atoms with E-state index in [2.05, 4.69) is 37.3 Å². The van der Waals surface area contributed by atoms with Crippen LogP contribution in [0.15, 0.2) is 12.7 Å². The third kappa shape index (κ3) is 2.77. The Labute approximate surface area is 122 Å². The molecule has 21 heavy (non-hydrogen) atoms. The van der Waals surface area contributed by atoms with Gasteiger partial charge in [0.1, 0.15) is 12.7 Å². The number of aliphatic hydroxyl groups is 1. The van der Waals surface area contributed by atoms with Crippen molar-refractivity contribution in [3.63, 3.8) is 0 Å². The Morgan fingerprint density at radius 1 is 1.29 bits per heavy atom. The number of β-amino-alcohol motifs (C(OH)–C–C–N with tert-alkyl or cyclic N) is 1. The topological polar surface area (TPSA) is 105 Å². The Morgan fingerprint density at radius 2 is 2.10 bits per heavy atom. The Bertz CT molecular complexity index is 601. The number of aliphatic hydroxyl groups excluding tert-OH is 1. The van der Waals surface area contributed by atoms with E-state index in [9.17, 15) is 5.11 Å². The lowest BCUT2D eigenvalue weighted by molar-refractivity contribution is 0.102. The zero-order valence-electron chi connectivity index (χ0n) is 12.0. The van der Waals surface area contributed by atoms with E-state index >= 15 is 0 Å². The molecule has 1 aliphatic heterocycles. The molecule has 2 aromatic rings. The highest BCUT2D eigenvalue weighted by Crippen LogP contribution is 2.21. The molecule has 1 fully saturated rings. The van der Waals surface area contributed by atoms with Gasteiger partial charge in [-0.25, -0.2) is 4.98 Å². The molecule has 1 aliphatic rings. The van der Waals surface area contributed by atoms with E-state index in [1.807, 2.05) is 4.90 Å². The molecule has 0 bridgehead atoms. The summed E-state index contributed by atoms with van der Waals surface area (Å²) < 4.78 is 1.48. The highest BCUT2D eigenvalue weighted by Gasteiger charge is 2.26. The Morgan fingerprint density at radius 3 is 2.76 bits per heavy atom. The van der Waals surface area contributed by atoms with Crippen molar-refractivity contribution in [1.29, 1.82) is 0 Å². The molecule has 3 rings (SSSR count). The molecule has 3 heterocycles. The van der Waals surface area contributed by atoms with Crippen molar-refractivity contribution < 1.29 is 5.11 Å². The first-order valence-corrected chi connectivity index (χ1v) is 6.89. The summed E-state index contributed by atoms with van der Waals surface area (Å²) in [6.45, 7) is 3.38. The minimum Gasteiger partial charge on any atom is -0.391 e. The van der Waals surface area contributed by atoms with Crippen LogP contribution in [0.3, 0.4) is 0 Å².